The molecule has 2 aliphatic rings. The molecule has 2 N–H and O–H groups in total. The van der Waals surface area contributed by atoms with Crippen molar-refractivity contribution in [3.8, 4) is 0 Å². The maximum Gasteiger partial charge on any atom is 0.308 e. The second-order valence-electron chi connectivity index (χ2n) is 6.06. The standard InChI is InChI=1S/C16H19NO3/c1-9-2-4-10(5-3-9)15(18)17-14-12-7-6-11(8-12)13(14)16(19)20/h2-5,11-14H,6-8H2,1H3,(H,17,18)(H,19,20). The van der Waals surface area contributed by atoms with E-state index in [9.17, 15) is 14.7 Å². The highest BCUT2D eigenvalue weighted by atomic mass is 16.4. The number of amides is 1. The Bertz CT molecular complexity index is 537. The summed E-state index contributed by atoms with van der Waals surface area (Å²) in [5, 5.41) is 12.3. The number of carbonyl (C=O) groups excluding carboxylic acids is 1. The van der Waals surface area contributed by atoms with Gasteiger partial charge >= 0.3 is 5.97 Å². The maximum absolute atomic E-state index is 12.3. The van der Waals surface area contributed by atoms with Gasteiger partial charge in [-0.15, -0.1) is 0 Å². The van der Waals surface area contributed by atoms with Crippen molar-refractivity contribution in [2.75, 3.05) is 0 Å². The van der Waals surface area contributed by atoms with Gasteiger partial charge in [0.15, 0.2) is 0 Å². The highest BCUT2D eigenvalue weighted by Gasteiger charge is 2.51. The van der Waals surface area contributed by atoms with Gasteiger partial charge < -0.3 is 10.4 Å². The van der Waals surface area contributed by atoms with Crippen LogP contribution in [0.25, 0.3) is 0 Å². The average Bonchev–Trinajstić information content (AvgIpc) is 3.00. The summed E-state index contributed by atoms with van der Waals surface area (Å²) < 4.78 is 0. The summed E-state index contributed by atoms with van der Waals surface area (Å²) in [6, 6.07) is 7.15. The number of hydrogen-bond donors (Lipinski definition) is 2. The van der Waals surface area contributed by atoms with E-state index in [2.05, 4.69) is 5.32 Å². The molecule has 106 valence electrons. The van der Waals surface area contributed by atoms with E-state index in [4.69, 9.17) is 0 Å². The Morgan fingerprint density at radius 1 is 1.15 bits per heavy atom. The molecule has 20 heavy (non-hydrogen) atoms. The van der Waals surface area contributed by atoms with Crippen LogP contribution in [0.4, 0.5) is 0 Å². The fourth-order valence-corrected chi connectivity index (χ4v) is 3.79. The highest BCUT2D eigenvalue weighted by molar-refractivity contribution is 5.94. The minimum atomic E-state index is -0.772. The third kappa shape index (κ3) is 2.19. The van der Waals surface area contributed by atoms with Crippen LogP contribution in [0.1, 0.15) is 35.2 Å². The predicted octanol–water partition coefficient (Wildman–Crippen LogP) is 2.22. The first-order valence-electron chi connectivity index (χ1n) is 7.16. The van der Waals surface area contributed by atoms with Crippen molar-refractivity contribution in [3.05, 3.63) is 35.4 Å². The first-order valence-corrected chi connectivity index (χ1v) is 7.16. The number of nitrogens with one attached hydrogen (secondary N) is 1. The van der Waals surface area contributed by atoms with Crippen LogP contribution >= 0.6 is 0 Å². The summed E-state index contributed by atoms with van der Waals surface area (Å²) in [5.74, 6) is -0.778. The fourth-order valence-electron chi connectivity index (χ4n) is 3.79. The van der Waals surface area contributed by atoms with Gasteiger partial charge in [-0.2, -0.15) is 0 Å². The maximum atomic E-state index is 12.3. The second-order valence-corrected chi connectivity index (χ2v) is 6.06. The van der Waals surface area contributed by atoms with Gasteiger partial charge in [-0.3, -0.25) is 9.59 Å². The molecule has 2 saturated carbocycles. The molecule has 1 aromatic carbocycles. The lowest BCUT2D eigenvalue weighted by Crippen LogP contribution is -2.46. The van der Waals surface area contributed by atoms with Crippen LogP contribution in [0.2, 0.25) is 0 Å². The van der Waals surface area contributed by atoms with Crippen LogP contribution in [0.5, 0.6) is 0 Å². The first-order chi connectivity index (χ1) is 9.56. The average molecular weight is 273 g/mol. The number of fused-ring (bicyclic) bond motifs is 2. The third-order valence-corrected chi connectivity index (χ3v) is 4.81. The lowest BCUT2D eigenvalue weighted by Gasteiger charge is -2.28. The Balaban J connectivity index is 1.75. The first kappa shape index (κ1) is 13.2. The summed E-state index contributed by atoms with van der Waals surface area (Å²) in [6.07, 6.45) is 2.96. The normalized spacial score (nSPS) is 31.2. The molecule has 0 radical (unpaired) electrons. The topological polar surface area (TPSA) is 66.4 Å². The predicted molar refractivity (Wildman–Crippen MR) is 74.4 cm³/mol. The van der Waals surface area contributed by atoms with E-state index in [1.807, 2.05) is 19.1 Å². The smallest absolute Gasteiger partial charge is 0.308 e. The van der Waals surface area contributed by atoms with Crippen LogP contribution in [0.3, 0.4) is 0 Å². The molecule has 0 spiro atoms. The molecule has 4 unspecified atom stereocenters. The monoisotopic (exact) mass is 273 g/mol. The Kier molecular flexibility index (Phi) is 3.24. The zero-order valence-corrected chi connectivity index (χ0v) is 11.5. The van der Waals surface area contributed by atoms with E-state index in [-0.39, 0.29) is 17.9 Å². The molecular formula is C16H19NO3. The Labute approximate surface area is 118 Å². The Hall–Kier alpha value is -1.84. The second kappa shape index (κ2) is 4.93. The quantitative estimate of drug-likeness (QED) is 0.887. The molecule has 0 aromatic heterocycles. The van der Waals surface area contributed by atoms with Gasteiger partial charge in [-0.05, 0) is 50.2 Å². The molecular weight excluding hydrogens is 254 g/mol. The molecule has 2 fully saturated rings. The number of carboxylic acid groups (broad SMARTS) is 1. The lowest BCUT2D eigenvalue weighted by molar-refractivity contribution is -0.144. The number of aliphatic carboxylic acids is 1. The van der Waals surface area contributed by atoms with Gasteiger partial charge in [0, 0.05) is 11.6 Å². The van der Waals surface area contributed by atoms with E-state index < -0.39 is 11.9 Å². The van der Waals surface area contributed by atoms with Gasteiger partial charge in [0.05, 0.1) is 5.92 Å². The van der Waals surface area contributed by atoms with Gasteiger partial charge in [-0.1, -0.05) is 17.7 Å². The molecule has 4 heteroatoms. The fraction of sp³-hybridized carbons (Fsp3) is 0.500. The minimum Gasteiger partial charge on any atom is -0.481 e. The van der Waals surface area contributed by atoms with Crippen LogP contribution in [-0.4, -0.2) is 23.0 Å². The molecule has 0 aliphatic heterocycles. The number of hydrogen-bond acceptors (Lipinski definition) is 2. The minimum absolute atomic E-state index is 0.159. The van der Waals surface area contributed by atoms with Crippen molar-refractivity contribution < 1.29 is 14.7 Å². The molecule has 4 atom stereocenters. The number of carbonyl (C=O) groups is 2. The molecule has 2 bridgehead atoms. The largest absolute Gasteiger partial charge is 0.481 e. The highest BCUT2D eigenvalue weighted by Crippen LogP contribution is 2.48. The summed E-state index contributed by atoms with van der Waals surface area (Å²) in [5.41, 5.74) is 1.70. The summed E-state index contributed by atoms with van der Waals surface area (Å²) in [4.78, 5) is 23.7. The molecule has 0 heterocycles. The summed E-state index contributed by atoms with van der Waals surface area (Å²) in [7, 11) is 0. The lowest BCUT2D eigenvalue weighted by atomic mass is 9.84. The molecule has 3 rings (SSSR count). The number of rotatable bonds is 3. The van der Waals surface area contributed by atoms with E-state index in [0.29, 0.717) is 11.5 Å². The van der Waals surface area contributed by atoms with Crippen LogP contribution in [0, 0.1) is 24.7 Å². The van der Waals surface area contributed by atoms with Crippen molar-refractivity contribution >= 4 is 11.9 Å². The zero-order chi connectivity index (χ0) is 14.3. The molecule has 1 aromatic rings. The van der Waals surface area contributed by atoms with Gasteiger partial charge in [0.25, 0.3) is 5.91 Å². The summed E-state index contributed by atoms with van der Waals surface area (Å²) >= 11 is 0. The Morgan fingerprint density at radius 2 is 1.80 bits per heavy atom. The van der Waals surface area contributed by atoms with Crippen LogP contribution < -0.4 is 5.32 Å². The van der Waals surface area contributed by atoms with Gasteiger partial charge in [-0.25, -0.2) is 0 Å². The number of aryl methyl sites for hydroxylation is 1. The molecule has 0 saturated heterocycles. The summed E-state index contributed by atoms with van der Waals surface area (Å²) in [6.45, 7) is 1.97. The molecule has 1 amide bonds. The SMILES string of the molecule is Cc1ccc(C(=O)NC2C3CCC(C3)C2C(=O)O)cc1. The third-order valence-electron chi connectivity index (χ3n) is 4.81. The van der Waals surface area contributed by atoms with E-state index in [1.165, 1.54) is 0 Å². The van der Waals surface area contributed by atoms with E-state index in [0.717, 1.165) is 24.8 Å². The van der Waals surface area contributed by atoms with Crippen LogP contribution in [-0.2, 0) is 4.79 Å². The number of carboxylic acids is 1. The van der Waals surface area contributed by atoms with Gasteiger partial charge in [0.2, 0.25) is 0 Å². The van der Waals surface area contributed by atoms with E-state index in [1.54, 1.807) is 12.1 Å². The molecule has 4 nitrogen and oxygen atoms in total. The van der Waals surface area contributed by atoms with Crippen LogP contribution in [0.15, 0.2) is 24.3 Å². The van der Waals surface area contributed by atoms with Crippen molar-refractivity contribution in [1.82, 2.24) is 5.32 Å². The van der Waals surface area contributed by atoms with Crippen molar-refractivity contribution in [2.24, 2.45) is 17.8 Å². The van der Waals surface area contributed by atoms with Crippen molar-refractivity contribution in [3.63, 3.8) is 0 Å². The van der Waals surface area contributed by atoms with Crippen molar-refractivity contribution in [1.29, 1.82) is 0 Å². The van der Waals surface area contributed by atoms with E-state index >= 15 is 0 Å². The van der Waals surface area contributed by atoms with Crippen molar-refractivity contribution in [2.45, 2.75) is 32.2 Å². The van der Waals surface area contributed by atoms with Gasteiger partial charge in [0.1, 0.15) is 0 Å². The number of benzene rings is 1. The zero-order valence-electron chi connectivity index (χ0n) is 11.5. The Morgan fingerprint density at radius 3 is 2.45 bits per heavy atom. The molecule has 2 aliphatic carbocycles.